The van der Waals surface area contributed by atoms with Gasteiger partial charge in [-0.05, 0) is 5.92 Å². The van der Waals surface area contributed by atoms with E-state index in [0.717, 1.165) is 45.9 Å². The molecule has 0 spiro atoms. The number of hydrogen-bond acceptors (Lipinski definition) is 5. The molecule has 0 aromatic rings. The Balaban J connectivity index is 2.08. The molecule has 0 unspecified atom stereocenters. The molecule has 0 atom stereocenters. The van der Waals surface area contributed by atoms with E-state index in [4.69, 9.17) is 15.7 Å². The first-order valence-electron chi connectivity index (χ1n) is 6.60. The first-order chi connectivity index (χ1) is 8.61. The van der Waals surface area contributed by atoms with Crippen LogP contribution in [0.5, 0.6) is 0 Å². The third kappa shape index (κ3) is 6.18. The van der Waals surface area contributed by atoms with Gasteiger partial charge < -0.3 is 15.7 Å². The third-order valence-corrected chi connectivity index (χ3v) is 2.98. The van der Waals surface area contributed by atoms with Gasteiger partial charge in [0.15, 0.2) is 5.84 Å². The Kier molecular flexibility index (Phi) is 7.00. The average molecular weight is 258 g/mol. The second kappa shape index (κ2) is 8.29. The highest BCUT2D eigenvalue weighted by atomic mass is 16.5. The number of nitrogens with two attached hydrogens (primary N) is 1. The molecule has 6 heteroatoms. The van der Waals surface area contributed by atoms with E-state index in [9.17, 15) is 0 Å². The first-order valence-corrected chi connectivity index (χ1v) is 6.60. The van der Waals surface area contributed by atoms with Crippen LogP contribution in [0.15, 0.2) is 5.16 Å². The number of rotatable bonds is 7. The van der Waals surface area contributed by atoms with Crippen LogP contribution < -0.4 is 5.73 Å². The molecule has 0 amide bonds. The molecular formula is C12H26N4O2. The lowest BCUT2D eigenvalue weighted by Gasteiger charge is -2.34. The van der Waals surface area contributed by atoms with Gasteiger partial charge >= 0.3 is 0 Å². The highest BCUT2D eigenvalue weighted by molar-refractivity contribution is 5.81. The molecule has 1 fully saturated rings. The van der Waals surface area contributed by atoms with Crippen molar-refractivity contribution in [3.8, 4) is 0 Å². The predicted octanol–water partition coefficient (Wildman–Crippen LogP) is 0.0230. The van der Waals surface area contributed by atoms with E-state index in [0.29, 0.717) is 12.5 Å². The van der Waals surface area contributed by atoms with Gasteiger partial charge in [0.2, 0.25) is 0 Å². The molecule has 106 valence electrons. The Bertz CT molecular complexity index is 250. The highest BCUT2D eigenvalue weighted by Crippen LogP contribution is 2.01. The number of oxime groups is 1. The summed E-state index contributed by atoms with van der Waals surface area (Å²) in [6.07, 6.45) is 0. The summed E-state index contributed by atoms with van der Waals surface area (Å²) in [4.78, 5) is 4.59. The van der Waals surface area contributed by atoms with Gasteiger partial charge in [-0.1, -0.05) is 19.0 Å². The van der Waals surface area contributed by atoms with Gasteiger partial charge in [0.1, 0.15) is 0 Å². The van der Waals surface area contributed by atoms with Gasteiger partial charge in [-0.3, -0.25) is 9.80 Å². The Morgan fingerprint density at radius 1 is 1.28 bits per heavy atom. The molecule has 3 N–H and O–H groups in total. The van der Waals surface area contributed by atoms with Gasteiger partial charge in [-0.25, -0.2) is 0 Å². The maximum absolute atomic E-state index is 8.51. The fraction of sp³-hybridized carbons (Fsp3) is 0.917. The summed E-state index contributed by atoms with van der Waals surface area (Å²) >= 11 is 0. The van der Waals surface area contributed by atoms with Crippen molar-refractivity contribution in [2.45, 2.75) is 13.8 Å². The number of amidine groups is 1. The molecule has 6 nitrogen and oxygen atoms in total. The molecule has 0 radical (unpaired) electrons. The van der Waals surface area contributed by atoms with Crippen LogP contribution >= 0.6 is 0 Å². The van der Waals surface area contributed by atoms with Crippen molar-refractivity contribution in [2.75, 3.05) is 52.5 Å². The van der Waals surface area contributed by atoms with Crippen molar-refractivity contribution in [1.82, 2.24) is 9.80 Å². The van der Waals surface area contributed by atoms with E-state index < -0.39 is 0 Å². The topological polar surface area (TPSA) is 74.3 Å². The molecule has 18 heavy (non-hydrogen) atoms. The number of ether oxygens (including phenoxy) is 1. The Morgan fingerprint density at radius 2 is 1.89 bits per heavy atom. The van der Waals surface area contributed by atoms with Crippen molar-refractivity contribution < 1.29 is 9.94 Å². The number of nitrogens with zero attached hydrogens (tertiary/aromatic N) is 3. The minimum absolute atomic E-state index is 0.281. The van der Waals surface area contributed by atoms with Crippen LogP contribution in [0.4, 0.5) is 0 Å². The second-order valence-corrected chi connectivity index (χ2v) is 5.18. The van der Waals surface area contributed by atoms with Crippen LogP contribution in [0.2, 0.25) is 0 Å². The molecule has 1 heterocycles. The van der Waals surface area contributed by atoms with Crippen molar-refractivity contribution in [2.24, 2.45) is 16.8 Å². The van der Waals surface area contributed by atoms with Crippen LogP contribution in [0.1, 0.15) is 13.8 Å². The number of piperazine rings is 1. The summed E-state index contributed by atoms with van der Waals surface area (Å²) in [5.74, 6) is 0.881. The van der Waals surface area contributed by atoms with E-state index in [-0.39, 0.29) is 5.84 Å². The monoisotopic (exact) mass is 258 g/mol. The molecule has 0 aliphatic carbocycles. The largest absolute Gasteiger partial charge is 0.409 e. The summed E-state index contributed by atoms with van der Waals surface area (Å²) in [7, 11) is 0. The quantitative estimate of drug-likeness (QED) is 0.221. The highest BCUT2D eigenvalue weighted by Gasteiger charge is 2.17. The molecule has 1 saturated heterocycles. The standard InChI is InChI=1S/C12H26N4O2/c1-11(2)10-18-8-7-15-3-5-16(6-4-15)9-12(13)14-17/h11,17H,3-10H2,1-2H3,(H2,13,14). The van der Waals surface area contributed by atoms with E-state index in [2.05, 4.69) is 28.8 Å². The first kappa shape index (κ1) is 15.2. The summed E-state index contributed by atoms with van der Waals surface area (Å²) in [6.45, 7) is 11.5. The zero-order valence-electron chi connectivity index (χ0n) is 11.5. The van der Waals surface area contributed by atoms with Gasteiger partial charge in [0.05, 0.1) is 13.2 Å². The molecule has 0 aromatic carbocycles. The maximum Gasteiger partial charge on any atom is 0.153 e. The fourth-order valence-corrected chi connectivity index (χ4v) is 1.94. The van der Waals surface area contributed by atoms with Crippen LogP contribution in [0, 0.1) is 5.92 Å². The van der Waals surface area contributed by atoms with Gasteiger partial charge in [-0.15, -0.1) is 0 Å². The third-order valence-electron chi connectivity index (χ3n) is 2.98. The van der Waals surface area contributed by atoms with Crippen molar-refractivity contribution in [1.29, 1.82) is 0 Å². The van der Waals surface area contributed by atoms with Gasteiger partial charge in [-0.2, -0.15) is 0 Å². The molecular weight excluding hydrogens is 232 g/mol. The lowest BCUT2D eigenvalue weighted by molar-refractivity contribution is 0.0673. The van der Waals surface area contributed by atoms with Gasteiger partial charge in [0.25, 0.3) is 0 Å². The lowest BCUT2D eigenvalue weighted by Crippen LogP contribution is -2.49. The summed E-state index contributed by atoms with van der Waals surface area (Å²) in [5, 5.41) is 11.5. The van der Waals surface area contributed by atoms with E-state index >= 15 is 0 Å². The smallest absolute Gasteiger partial charge is 0.153 e. The number of hydrogen-bond donors (Lipinski definition) is 2. The summed E-state index contributed by atoms with van der Waals surface area (Å²) < 4.78 is 5.58. The zero-order valence-corrected chi connectivity index (χ0v) is 11.5. The fourth-order valence-electron chi connectivity index (χ4n) is 1.94. The van der Waals surface area contributed by atoms with Crippen LogP contribution in [-0.4, -0.2) is 73.3 Å². The van der Waals surface area contributed by atoms with Crippen LogP contribution in [0.3, 0.4) is 0 Å². The summed E-state index contributed by atoms with van der Waals surface area (Å²) in [5.41, 5.74) is 5.49. The SMILES string of the molecule is CC(C)COCCN1CCN(CC(N)=NO)CC1. The molecule has 0 bridgehead atoms. The molecule has 1 aliphatic heterocycles. The molecule has 1 aliphatic rings. The van der Waals surface area contributed by atoms with E-state index in [1.54, 1.807) is 0 Å². The molecule has 1 rings (SSSR count). The van der Waals surface area contributed by atoms with Crippen LogP contribution in [0.25, 0.3) is 0 Å². The van der Waals surface area contributed by atoms with Crippen molar-refractivity contribution >= 4 is 5.84 Å². The Morgan fingerprint density at radius 3 is 2.44 bits per heavy atom. The van der Waals surface area contributed by atoms with Crippen molar-refractivity contribution in [3.63, 3.8) is 0 Å². The minimum atomic E-state index is 0.281. The van der Waals surface area contributed by atoms with Crippen molar-refractivity contribution in [3.05, 3.63) is 0 Å². The zero-order chi connectivity index (χ0) is 13.4. The Labute approximate surface area is 109 Å². The second-order valence-electron chi connectivity index (χ2n) is 5.18. The molecule has 0 aromatic heterocycles. The predicted molar refractivity (Wildman–Crippen MR) is 71.9 cm³/mol. The summed E-state index contributed by atoms with van der Waals surface area (Å²) in [6, 6.07) is 0. The normalized spacial score (nSPS) is 19.6. The maximum atomic E-state index is 8.51. The molecule has 0 saturated carbocycles. The minimum Gasteiger partial charge on any atom is -0.409 e. The van der Waals surface area contributed by atoms with Crippen LogP contribution in [-0.2, 0) is 4.74 Å². The Hall–Kier alpha value is -0.850. The van der Waals surface area contributed by atoms with E-state index in [1.165, 1.54) is 0 Å². The lowest BCUT2D eigenvalue weighted by atomic mass is 10.2. The average Bonchev–Trinajstić information content (AvgIpc) is 2.36. The van der Waals surface area contributed by atoms with E-state index in [1.807, 2.05) is 0 Å². The van der Waals surface area contributed by atoms with Gasteiger partial charge in [0, 0.05) is 39.3 Å².